The number of nitrogens with zero attached hydrogens (tertiary/aromatic N) is 3. The van der Waals surface area contributed by atoms with Gasteiger partial charge in [-0.25, -0.2) is 0 Å². The molecule has 1 amide bonds. The highest BCUT2D eigenvalue weighted by atomic mass is 16.4. The molecule has 2 aromatic heterocycles. The largest absolute Gasteiger partial charge is 0.421 e. The van der Waals surface area contributed by atoms with E-state index in [1.54, 1.807) is 18.5 Å². The summed E-state index contributed by atoms with van der Waals surface area (Å²) in [6.45, 7) is 2.81. The Labute approximate surface area is 117 Å². The van der Waals surface area contributed by atoms with Crippen molar-refractivity contribution in [1.29, 1.82) is 0 Å². The normalized spacial score (nSPS) is 10.4. The van der Waals surface area contributed by atoms with Crippen LogP contribution in [-0.2, 0) is 11.2 Å². The molecule has 2 rings (SSSR count). The average molecular weight is 274 g/mol. The van der Waals surface area contributed by atoms with Crippen LogP contribution < -0.4 is 5.32 Å². The number of nitrogens with one attached hydrogen (secondary N) is 1. The van der Waals surface area contributed by atoms with Crippen molar-refractivity contribution in [3.8, 4) is 11.5 Å². The Bertz CT molecular complexity index is 539. The van der Waals surface area contributed by atoms with Gasteiger partial charge in [-0.05, 0) is 18.6 Å². The SMILES string of the molecule is CCCCNC(=O)CCc1nnc(-c2cccnc2)o1. The van der Waals surface area contributed by atoms with Crippen LogP contribution >= 0.6 is 0 Å². The molecular weight excluding hydrogens is 256 g/mol. The number of unbranched alkanes of at least 4 members (excludes halogenated alkanes) is 1. The van der Waals surface area contributed by atoms with Crippen molar-refractivity contribution in [2.45, 2.75) is 32.6 Å². The van der Waals surface area contributed by atoms with Crippen LogP contribution in [0.4, 0.5) is 0 Å². The average Bonchev–Trinajstić information content (AvgIpc) is 2.95. The lowest BCUT2D eigenvalue weighted by Gasteiger charge is -2.01. The maximum atomic E-state index is 11.6. The lowest BCUT2D eigenvalue weighted by atomic mass is 10.3. The van der Waals surface area contributed by atoms with Crippen LogP contribution in [0, 0.1) is 0 Å². The predicted molar refractivity (Wildman–Crippen MR) is 73.8 cm³/mol. The number of carbonyl (C=O) groups excluding carboxylic acids is 1. The number of amides is 1. The molecule has 106 valence electrons. The van der Waals surface area contributed by atoms with Crippen molar-refractivity contribution < 1.29 is 9.21 Å². The number of carbonyl (C=O) groups is 1. The summed E-state index contributed by atoms with van der Waals surface area (Å²) in [5.41, 5.74) is 0.777. The van der Waals surface area contributed by atoms with Gasteiger partial charge in [0.05, 0.1) is 5.56 Å². The third-order valence-corrected chi connectivity index (χ3v) is 2.79. The molecule has 0 radical (unpaired) electrons. The van der Waals surface area contributed by atoms with Gasteiger partial charge in [-0.3, -0.25) is 9.78 Å². The number of pyridine rings is 1. The maximum absolute atomic E-state index is 11.6. The van der Waals surface area contributed by atoms with Gasteiger partial charge in [0, 0.05) is 31.8 Å². The van der Waals surface area contributed by atoms with Crippen molar-refractivity contribution in [2.75, 3.05) is 6.54 Å². The molecule has 0 aromatic carbocycles. The second-order valence-corrected chi connectivity index (χ2v) is 4.45. The molecule has 6 heteroatoms. The molecule has 0 aliphatic heterocycles. The minimum absolute atomic E-state index is 0.0135. The summed E-state index contributed by atoms with van der Waals surface area (Å²) < 4.78 is 5.50. The molecule has 20 heavy (non-hydrogen) atoms. The summed E-state index contributed by atoms with van der Waals surface area (Å²) in [5.74, 6) is 0.911. The third kappa shape index (κ3) is 4.15. The molecule has 6 nitrogen and oxygen atoms in total. The number of aryl methyl sites for hydroxylation is 1. The van der Waals surface area contributed by atoms with E-state index in [0.717, 1.165) is 24.9 Å². The zero-order chi connectivity index (χ0) is 14.2. The van der Waals surface area contributed by atoms with E-state index in [4.69, 9.17) is 4.42 Å². The van der Waals surface area contributed by atoms with E-state index in [9.17, 15) is 4.79 Å². The van der Waals surface area contributed by atoms with Gasteiger partial charge in [0.15, 0.2) is 0 Å². The standard InChI is InChI=1S/C14H18N4O2/c1-2-3-9-16-12(19)6-7-13-17-18-14(20-13)11-5-4-8-15-10-11/h4-5,8,10H,2-3,6-7,9H2,1H3,(H,16,19). The molecule has 0 saturated heterocycles. The van der Waals surface area contributed by atoms with Crippen molar-refractivity contribution >= 4 is 5.91 Å². The molecule has 0 fully saturated rings. The fourth-order valence-electron chi connectivity index (χ4n) is 1.67. The predicted octanol–water partition coefficient (Wildman–Crippen LogP) is 1.98. The summed E-state index contributed by atoms with van der Waals surface area (Å²) >= 11 is 0. The van der Waals surface area contributed by atoms with E-state index in [-0.39, 0.29) is 5.91 Å². The monoisotopic (exact) mass is 274 g/mol. The zero-order valence-corrected chi connectivity index (χ0v) is 11.5. The van der Waals surface area contributed by atoms with Crippen molar-refractivity contribution in [2.24, 2.45) is 0 Å². The molecule has 0 aliphatic carbocycles. The van der Waals surface area contributed by atoms with Gasteiger partial charge in [-0.2, -0.15) is 0 Å². The van der Waals surface area contributed by atoms with E-state index in [2.05, 4.69) is 27.4 Å². The molecule has 2 aromatic rings. The summed E-state index contributed by atoms with van der Waals surface area (Å²) in [6.07, 6.45) is 6.22. The van der Waals surface area contributed by atoms with E-state index >= 15 is 0 Å². The summed E-state index contributed by atoms with van der Waals surface area (Å²) in [4.78, 5) is 15.6. The Morgan fingerprint density at radius 2 is 2.30 bits per heavy atom. The van der Waals surface area contributed by atoms with E-state index < -0.39 is 0 Å². The Balaban J connectivity index is 1.83. The Morgan fingerprint density at radius 1 is 1.40 bits per heavy atom. The first kappa shape index (κ1) is 14.2. The third-order valence-electron chi connectivity index (χ3n) is 2.79. The van der Waals surface area contributed by atoms with E-state index in [0.29, 0.717) is 24.6 Å². The first-order valence-electron chi connectivity index (χ1n) is 6.79. The first-order valence-corrected chi connectivity index (χ1v) is 6.79. The lowest BCUT2D eigenvalue weighted by molar-refractivity contribution is -0.121. The van der Waals surface area contributed by atoms with Gasteiger partial charge in [-0.15, -0.1) is 10.2 Å². The quantitative estimate of drug-likeness (QED) is 0.781. The van der Waals surface area contributed by atoms with E-state index in [1.807, 2.05) is 6.07 Å². The minimum atomic E-state index is 0.0135. The van der Waals surface area contributed by atoms with Crippen LogP contribution in [0.5, 0.6) is 0 Å². The van der Waals surface area contributed by atoms with Gasteiger partial charge in [0.2, 0.25) is 17.7 Å². The molecule has 0 aliphatic rings. The first-order chi connectivity index (χ1) is 9.79. The highest BCUT2D eigenvalue weighted by molar-refractivity contribution is 5.75. The number of rotatable bonds is 7. The van der Waals surface area contributed by atoms with Gasteiger partial charge < -0.3 is 9.73 Å². The summed E-state index contributed by atoms with van der Waals surface area (Å²) in [5, 5.41) is 10.7. The van der Waals surface area contributed by atoms with Gasteiger partial charge in [-0.1, -0.05) is 13.3 Å². The molecule has 0 saturated carbocycles. The summed E-state index contributed by atoms with van der Waals surface area (Å²) in [7, 11) is 0. The van der Waals surface area contributed by atoms with Crippen LogP contribution in [0.3, 0.4) is 0 Å². The molecule has 1 N–H and O–H groups in total. The fourth-order valence-corrected chi connectivity index (χ4v) is 1.67. The number of hydrogen-bond acceptors (Lipinski definition) is 5. The fraction of sp³-hybridized carbons (Fsp3) is 0.429. The second-order valence-electron chi connectivity index (χ2n) is 4.45. The number of aromatic nitrogens is 3. The van der Waals surface area contributed by atoms with Crippen molar-refractivity contribution in [3.05, 3.63) is 30.4 Å². The topological polar surface area (TPSA) is 80.9 Å². The van der Waals surface area contributed by atoms with Crippen LogP contribution in [0.1, 0.15) is 32.1 Å². The van der Waals surface area contributed by atoms with Crippen molar-refractivity contribution in [3.63, 3.8) is 0 Å². The molecule has 2 heterocycles. The zero-order valence-electron chi connectivity index (χ0n) is 11.5. The Kier molecular flexibility index (Phi) is 5.23. The van der Waals surface area contributed by atoms with Crippen molar-refractivity contribution in [1.82, 2.24) is 20.5 Å². The van der Waals surface area contributed by atoms with Gasteiger partial charge in [0.1, 0.15) is 0 Å². The Hall–Kier alpha value is -2.24. The molecule has 0 atom stereocenters. The second kappa shape index (κ2) is 7.37. The van der Waals surface area contributed by atoms with Crippen LogP contribution in [0.15, 0.2) is 28.9 Å². The molecule has 0 unspecified atom stereocenters. The smallest absolute Gasteiger partial charge is 0.249 e. The number of hydrogen-bond donors (Lipinski definition) is 1. The Morgan fingerprint density at radius 3 is 3.05 bits per heavy atom. The van der Waals surface area contributed by atoms with Crippen LogP contribution in [-0.4, -0.2) is 27.6 Å². The highest BCUT2D eigenvalue weighted by Gasteiger charge is 2.10. The maximum Gasteiger partial charge on any atom is 0.249 e. The highest BCUT2D eigenvalue weighted by Crippen LogP contribution is 2.16. The molecular formula is C14H18N4O2. The van der Waals surface area contributed by atoms with Crippen LogP contribution in [0.25, 0.3) is 11.5 Å². The molecule has 0 bridgehead atoms. The van der Waals surface area contributed by atoms with Crippen LogP contribution in [0.2, 0.25) is 0 Å². The molecule has 0 spiro atoms. The lowest BCUT2D eigenvalue weighted by Crippen LogP contribution is -2.24. The van der Waals surface area contributed by atoms with Gasteiger partial charge in [0.25, 0.3) is 0 Å². The summed E-state index contributed by atoms with van der Waals surface area (Å²) in [6, 6.07) is 3.65. The minimum Gasteiger partial charge on any atom is -0.421 e. The van der Waals surface area contributed by atoms with E-state index in [1.165, 1.54) is 0 Å². The van der Waals surface area contributed by atoms with Gasteiger partial charge >= 0.3 is 0 Å².